The molecule has 0 heterocycles. The van der Waals surface area contributed by atoms with Crippen LogP contribution in [0.15, 0.2) is 90.3 Å². The summed E-state index contributed by atoms with van der Waals surface area (Å²) in [5.74, 6) is 0. The Labute approximate surface area is 152 Å². The van der Waals surface area contributed by atoms with Gasteiger partial charge in [0, 0.05) is 21.8 Å². The molecular formula is C21H17N3S. The van der Waals surface area contributed by atoms with Crippen molar-refractivity contribution < 1.29 is 0 Å². The lowest BCUT2D eigenvalue weighted by atomic mass is 10.1. The van der Waals surface area contributed by atoms with E-state index >= 15 is 0 Å². The summed E-state index contributed by atoms with van der Waals surface area (Å²) in [4.78, 5) is 1.14. The zero-order chi connectivity index (χ0) is 17.5. The van der Waals surface area contributed by atoms with E-state index in [1.165, 1.54) is 0 Å². The Kier molecular flexibility index (Phi) is 5.40. The van der Waals surface area contributed by atoms with Gasteiger partial charge in [-0.25, -0.2) is 0 Å². The average Bonchev–Trinajstić information content (AvgIpc) is 2.68. The van der Waals surface area contributed by atoms with E-state index in [4.69, 9.17) is 5.26 Å². The van der Waals surface area contributed by atoms with Crippen LogP contribution in [0.3, 0.4) is 0 Å². The third-order valence-electron chi connectivity index (χ3n) is 3.58. The summed E-state index contributed by atoms with van der Waals surface area (Å²) in [7, 11) is 0. The smallest absolute Gasteiger partial charge is 0.0991 e. The molecule has 0 aromatic heterocycles. The molecule has 3 rings (SSSR count). The molecule has 0 saturated carbocycles. The first kappa shape index (κ1) is 16.7. The summed E-state index contributed by atoms with van der Waals surface area (Å²) in [6.07, 6.45) is 0. The minimum Gasteiger partial charge on any atom is -0.355 e. The summed E-state index contributed by atoms with van der Waals surface area (Å²) in [5, 5.41) is 12.2. The number of para-hydroxylation sites is 1. The second-order valence-corrected chi connectivity index (χ2v) is 6.24. The molecule has 0 aliphatic carbocycles. The molecule has 0 atom stereocenters. The highest BCUT2D eigenvalue weighted by molar-refractivity contribution is 8.00. The molecule has 25 heavy (non-hydrogen) atoms. The van der Waals surface area contributed by atoms with Gasteiger partial charge < -0.3 is 10.0 Å². The van der Waals surface area contributed by atoms with Crippen LogP contribution >= 0.6 is 11.9 Å². The molecule has 0 aliphatic heterocycles. The van der Waals surface area contributed by atoms with Crippen LogP contribution < -0.4 is 10.0 Å². The summed E-state index contributed by atoms with van der Waals surface area (Å²) in [6.45, 7) is 4.15. The van der Waals surface area contributed by atoms with E-state index in [1.54, 1.807) is 24.1 Å². The lowest BCUT2D eigenvalue weighted by Crippen LogP contribution is -2.00. The number of benzene rings is 3. The molecule has 0 spiro atoms. The van der Waals surface area contributed by atoms with E-state index in [1.807, 2.05) is 54.6 Å². The van der Waals surface area contributed by atoms with E-state index < -0.39 is 0 Å². The molecule has 0 unspecified atom stereocenters. The first-order chi connectivity index (χ1) is 12.3. The molecule has 3 aromatic carbocycles. The fourth-order valence-corrected chi connectivity index (χ4v) is 3.01. The SMILES string of the molecule is C=C(Nc1ccc(C#N)cc1)c1ccccc1NSc1ccccc1. The lowest BCUT2D eigenvalue weighted by Gasteiger charge is -2.15. The summed E-state index contributed by atoms with van der Waals surface area (Å²) >= 11 is 1.56. The first-order valence-electron chi connectivity index (χ1n) is 7.79. The third kappa shape index (κ3) is 4.43. The largest absolute Gasteiger partial charge is 0.355 e. The third-order valence-corrected chi connectivity index (χ3v) is 4.41. The van der Waals surface area contributed by atoms with Gasteiger partial charge in [-0.3, -0.25) is 0 Å². The maximum atomic E-state index is 8.88. The Bertz CT molecular complexity index is 896. The molecule has 2 N–H and O–H groups in total. The van der Waals surface area contributed by atoms with Gasteiger partial charge in [0.2, 0.25) is 0 Å². The van der Waals surface area contributed by atoms with E-state index in [0.29, 0.717) is 5.56 Å². The van der Waals surface area contributed by atoms with E-state index in [9.17, 15) is 0 Å². The highest BCUT2D eigenvalue weighted by Gasteiger charge is 2.06. The normalized spacial score (nSPS) is 9.88. The average molecular weight is 343 g/mol. The predicted octanol–water partition coefficient (Wildman–Crippen LogP) is 5.76. The molecule has 4 heteroatoms. The maximum absolute atomic E-state index is 8.88. The van der Waals surface area contributed by atoms with Crippen LogP contribution in [0.2, 0.25) is 0 Å². The van der Waals surface area contributed by atoms with Gasteiger partial charge in [-0.2, -0.15) is 5.26 Å². The molecule has 3 nitrogen and oxygen atoms in total. The molecule has 0 radical (unpaired) electrons. The van der Waals surface area contributed by atoms with Gasteiger partial charge in [-0.05, 0) is 54.4 Å². The molecule has 0 bridgehead atoms. The Hall–Kier alpha value is -3.16. The first-order valence-corrected chi connectivity index (χ1v) is 8.61. The van der Waals surface area contributed by atoms with Crippen molar-refractivity contribution in [3.05, 3.63) is 96.6 Å². The van der Waals surface area contributed by atoms with Gasteiger partial charge in [0.1, 0.15) is 0 Å². The number of anilines is 2. The van der Waals surface area contributed by atoms with Crippen molar-refractivity contribution in [1.29, 1.82) is 5.26 Å². The van der Waals surface area contributed by atoms with Crippen molar-refractivity contribution in [2.24, 2.45) is 0 Å². The molecule has 0 aliphatic rings. The van der Waals surface area contributed by atoms with Crippen molar-refractivity contribution in [3.8, 4) is 6.07 Å². The van der Waals surface area contributed by atoms with Crippen molar-refractivity contribution in [2.75, 3.05) is 10.0 Å². The number of nitriles is 1. The Morgan fingerprint density at radius 3 is 2.28 bits per heavy atom. The van der Waals surface area contributed by atoms with E-state index in [-0.39, 0.29) is 0 Å². The standard InChI is InChI=1S/C21H17N3S/c1-16(23-18-13-11-17(15-22)12-14-18)20-9-5-6-10-21(20)24-25-19-7-3-2-4-8-19/h2-14,23-24H,1H2. The van der Waals surface area contributed by atoms with Crippen molar-refractivity contribution in [3.63, 3.8) is 0 Å². The van der Waals surface area contributed by atoms with E-state index in [0.717, 1.165) is 27.5 Å². The van der Waals surface area contributed by atoms with Gasteiger partial charge in [0.05, 0.1) is 17.3 Å². The monoisotopic (exact) mass is 343 g/mol. The summed E-state index contributed by atoms with van der Waals surface area (Å²) in [5.41, 5.74) is 4.31. The van der Waals surface area contributed by atoms with Crippen LogP contribution in [0.4, 0.5) is 11.4 Å². The van der Waals surface area contributed by atoms with Crippen LogP contribution in [-0.2, 0) is 0 Å². The number of nitrogens with zero attached hydrogens (tertiary/aromatic N) is 1. The zero-order valence-electron chi connectivity index (χ0n) is 13.6. The maximum Gasteiger partial charge on any atom is 0.0991 e. The van der Waals surface area contributed by atoms with Crippen molar-refractivity contribution >= 4 is 29.0 Å². The highest BCUT2D eigenvalue weighted by atomic mass is 32.2. The summed E-state index contributed by atoms with van der Waals surface area (Å²) in [6, 6.07) is 27.6. The topological polar surface area (TPSA) is 47.9 Å². The lowest BCUT2D eigenvalue weighted by molar-refractivity contribution is 1.46. The van der Waals surface area contributed by atoms with Gasteiger partial charge in [0.25, 0.3) is 0 Å². The molecular weight excluding hydrogens is 326 g/mol. The molecule has 0 fully saturated rings. The molecule has 122 valence electrons. The van der Waals surface area contributed by atoms with Crippen LogP contribution in [0.1, 0.15) is 11.1 Å². The summed E-state index contributed by atoms with van der Waals surface area (Å²) < 4.78 is 3.39. The fraction of sp³-hybridized carbons (Fsp3) is 0. The van der Waals surface area contributed by atoms with Crippen molar-refractivity contribution in [2.45, 2.75) is 4.90 Å². The predicted molar refractivity (Wildman–Crippen MR) is 106 cm³/mol. The van der Waals surface area contributed by atoms with Crippen LogP contribution in [0.25, 0.3) is 5.70 Å². The molecule has 3 aromatic rings. The number of nitrogens with one attached hydrogen (secondary N) is 2. The number of rotatable bonds is 6. The zero-order valence-corrected chi connectivity index (χ0v) is 14.4. The quantitative estimate of drug-likeness (QED) is 0.559. The van der Waals surface area contributed by atoms with Crippen LogP contribution in [0.5, 0.6) is 0 Å². The fourth-order valence-electron chi connectivity index (χ4n) is 2.31. The second kappa shape index (κ2) is 8.09. The minimum absolute atomic E-state index is 0.637. The van der Waals surface area contributed by atoms with Gasteiger partial charge in [-0.1, -0.05) is 43.0 Å². The van der Waals surface area contributed by atoms with Gasteiger partial charge >= 0.3 is 0 Å². The van der Waals surface area contributed by atoms with E-state index in [2.05, 4.69) is 34.8 Å². The Morgan fingerprint density at radius 1 is 0.880 bits per heavy atom. The molecule has 0 saturated heterocycles. The number of hydrogen-bond acceptors (Lipinski definition) is 4. The van der Waals surface area contributed by atoms with Gasteiger partial charge in [0.15, 0.2) is 0 Å². The Morgan fingerprint density at radius 2 is 1.56 bits per heavy atom. The minimum atomic E-state index is 0.637. The van der Waals surface area contributed by atoms with Gasteiger partial charge in [-0.15, -0.1) is 0 Å². The second-order valence-electron chi connectivity index (χ2n) is 5.36. The Balaban J connectivity index is 1.72. The van der Waals surface area contributed by atoms with Crippen LogP contribution in [0, 0.1) is 11.3 Å². The molecule has 0 amide bonds. The van der Waals surface area contributed by atoms with Crippen molar-refractivity contribution in [1.82, 2.24) is 0 Å². The number of hydrogen-bond donors (Lipinski definition) is 2. The highest BCUT2D eigenvalue weighted by Crippen LogP contribution is 2.28. The van der Waals surface area contributed by atoms with Crippen LogP contribution in [-0.4, -0.2) is 0 Å².